The normalized spacial score (nSPS) is 10.8. The highest BCUT2D eigenvalue weighted by Gasteiger charge is 2.21. The molecule has 0 saturated carbocycles. The number of fused-ring (bicyclic) bond motifs is 1. The molecular weight excluding hydrogens is 375 g/mol. The van der Waals surface area contributed by atoms with Crippen LogP contribution in [0.4, 0.5) is 10.1 Å². The molecule has 0 bridgehead atoms. The van der Waals surface area contributed by atoms with Crippen molar-refractivity contribution in [2.24, 2.45) is 0 Å². The summed E-state index contributed by atoms with van der Waals surface area (Å²) in [5, 5.41) is 2.87. The second-order valence-electron chi connectivity index (χ2n) is 6.70. The van der Waals surface area contributed by atoms with Crippen molar-refractivity contribution in [2.45, 2.75) is 20.4 Å². The molecule has 150 valence electrons. The fourth-order valence-electron chi connectivity index (χ4n) is 3.01. The molecule has 0 atom stereocenters. The van der Waals surface area contributed by atoms with Gasteiger partial charge in [0.15, 0.2) is 0 Å². The summed E-state index contributed by atoms with van der Waals surface area (Å²) in [5.41, 5.74) is 1.10. The average Bonchev–Trinajstić information content (AvgIpc) is 2.67. The van der Waals surface area contributed by atoms with Gasteiger partial charge in [0.1, 0.15) is 17.0 Å². The number of anilines is 1. The number of carbonyl (C=O) groups excluding carboxylic acids is 2. The van der Waals surface area contributed by atoms with Gasteiger partial charge in [0, 0.05) is 31.2 Å². The molecule has 0 unspecified atom stereocenters. The first-order chi connectivity index (χ1) is 13.8. The van der Waals surface area contributed by atoms with E-state index >= 15 is 0 Å². The number of nitrogens with zero attached hydrogens (tertiary/aromatic N) is 3. The maximum Gasteiger partial charge on any atom is 0.259 e. The second-order valence-corrected chi connectivity index (χ2v) is 6.70. The Labute approximate surface area is 166 Å². The molecule has 3 aromatic rings. The minimum atomic E-state index is -0.575. The molecule has 2 amide bonds. The van der Waals surface area contributed by atoms with Gasteiger partial charge in [-0.15, -0.1) is 0 Å². The van der Waals surface area contributed by atoms with Crippen molar-refractivity contribution in [3.8, 4) is 0 Å². The minimum Gasteiger partial charge on any atom is -0.332 e. The molecular formula is C21H21FN4O3. The van der Waals surface area contributed by atoms with E-state index < -0.39 is 23.1 Å². The van der Waals surface area contributed by atoms with Gasteiger partial charge in [-0.2, -0.15) is 0 Å². The van der Waals surface area contributed by atoms with Gasteiger partial charge in [0.2, 0.25) is 11.3 Å². The second kappa shape index (κ2) is 8.22. The molecule has 7 nitrogen and oxygen atoms in total. The van der Waals surface area contributed by atoms with Crippen molar-refractivity contribution < 1.29 is 14.0 Å². The molecule has 2 heterocycles. The average molecular weight is 396 g/mol. The third-order valence-corrected chi connectivity index (χ3v) is 4.47. The van der Waals surface area contributed by atoms with Crippen LogP contribution in [0.3, 0.4) is 0 Å². The van der Waals surface area contributed by atoms with Crippen LogP contribution in [-0.2, 0) is 11.3 Å². The van der Waals surface area contributed by atoms with Crippen LogP contribution in [0.1, 0.15) is 23.0 Å². The molecule has 1 aromatic carbocycles. The smallest absolute Gasteiger partial charge is 0.259 e. The lowest BCUT2D eigenvalue weighted by Crippen LogP contribution is -2.37. The molecule has 2 aromatic heterocycles. The maximum absolute atomic E-state index is 13.2. The number of likely N-dealkylation sites (N-methyl/N-ethyl adjacent to an activating group) is 1. The van der Waals surface area contributed by atoms with E-state index in [2.05, 4.69) is 10.3 Å². The van der Waals surface area contributed by atoms with Crippen LogP contribution in [0.25, 0.3) is 11.0 Å². The summed E-state index contributed by atoms with van der Waals surface area (Å²) in [6, 6.07) is 8.82. The lowest BCUT2D eigenvalue weighted by molar-refractivity contribution is -0.116. The number of aromatic nitrogens is 2. The Morgan fingerprint density at radius 2 is 2.00 bits per heavy atom. The van der Waals surface area contributed by atoms with Crippen molar-refractivity contribution in [1.82, 2.24) is 14.5 Å². The summed E-state index contributed by atoms with van der Waals surface area (Å²) >= 11 is 0. The summed E-state index contributed by atoms with van der Waals surface area (Å²) in [4.78, 5) is 43.4. The topological polar surface area (TPSA) is 84.3 Å². The zero-order valence-electron chi connectivity index (χ0n) is 16.4. The van der Waals surface area contributed by atoms with Crippen LogP contribution in [0.5, 0.6) is 0 Å². The van der Waals surface area contributed by atoms with E-state index in [-0.39, 0.29) is 17.8 Å². The first-order valence-electron chi connectivity index (χ1n) is 9.12. The zero-order valence-corrected chi connectivity index (χ0v) is 16.4. The molecule has 3 rings (SSSR count). The Hall–Kier alpha value is -3.55. The van der Waals surface area contributed by atoms with Gasteiger partial charge in [-0.1, -0.05) is 6.07 Å². The Morgan fingerprint density at radius 3 is 2.69 bits per heavy atom. The van der Waals surface area contributed by atoms with Gasteiger partial charge >= 0.3 is 0 Å². The summed E-state index contributed by atoms with van der Waals surface area (Å²) in [7, 11) is 1.43. The SMILES string of the molecule is CCn1cc(C(=O)N(C)CC(=O)Nc2cccc(F)c2)c(=O)c2ccc(C)nc21. The first-order valence-corrected chi connectivity index (χ1v) is 9.12. The van der Waals surface area contributed by atoms with E-state index in [0.29, 0.717) is 17.6 Å². The standard InChI is InChI=1S/C21H21FN4O3/c1-4-26-11-17(19(28)16-9-8-13(2)23-20(16)26)21(29)25(3)12-18(27)24-15-7-5-6-14(22)10-15/h5-11H,4,12H2,1-3H3,(H,24,27). The number of nitrogens with one attached hydrogen (secondary N) is 1. The molecule has 1 N–H and O–H groups in total. The highest BCUT2D eigenvalue weighted by atomic mass is 19.1. The number of carbonyl (C=O) groups is 2. The van der Waals surface area contributed by atoms with Gasteiger partial charge < -0.3 is 14.8 Å². The quantitative estimate of drug-likeness (QED) is 0.718. The predicted molar refractivity (Wildman–Crippen MR) is 108 cm³/mol. The van der Waals surface area contributed by atoms with Crippen LogP contribution < -0.4 is 10.7 Å². The highest BCUT2D eigenvalue weighted by molar-refractivity contribution is 6.00. The van der Waals surface area contributed by atoms with Gasteiger partial charge in [-0.25, -0.2) is 9.37 Å². The molecule has 0 aliphatic carbocycles. The van der Waals surface area contributed by atoms with Crippen LogP contribution in [0, 0.1) is 12.7 Å². The van der Waals surface area contributed by atoms with Gasteiger partial charge in [0.25, 0.3) is 5.91 Å². The Morgan fingerprint density at radius 1 is 1.24 bits per heavy atom. The van der Waals surface area contributed by atoms with E-state index in [9.17, 15) is 18.8 Å². The van der Waals surface area contributed by atoms with E-state index in [0.717, 1.165) is 10.6 Å². The predicted octanol–water partition coefficient (Wildman–Crippen LogP) is 2.57. The molecule has 0 saturated heterocycles. The number of rotatable bonds is 5. The van der Waals surface area contributed by atoms with Crippen molar-refractivity contribution in [2.75, 3.05) is 18.9 Å². The van der Waals surface area contributed by atoms with Crippen LogP contribution in [-0.4, -0.2) is 39.9 Å². The largest absolute Gasteiger partial charge is 0.332 e. The molecule has 8 heteroatoms. The molecule has 0 radical (unpaired) electrons. The summed E-state index contributed by atoms with van der Waals surface area (Å²) in [6.45, 7) is 3.95. The number of aryl methyl sites for hydroxylation is 2. The number of halogens is 1. The van der Waals surface area contributed by atoms with E-state index in [4.69, 9.17) is 0 Å². The highest BCUT2D eigenvalue weighted by Crippen LogP contribution is 2.13. The monoisotopic (exact) mass is 396 g/mol. The lowest BCUT2D eigenvalue weighted by atomic mass is 10.1. The minimum absolute atomic E-state index is 0.0361. The van der Waals surface area contributed by atoms with Gasteiger partial charge in [-0.3, -0.25) is 14.4 Å². The van der Waals surface area contributed by atoms with Crippen LogP contribution in [0.2, 0.25) is 0 Å². The number of hydrogen-bond acceptors (Lipinski definition) is 4. The Balaban J connectivity index is 1.84. The van der Waals surface area contributed by atoms with Gasteiger partial charge in [-0.05, 0) is 44.2 Å². The fourth-order valence-corrected chi connectivity index (χ4v) is 3.01. The van der Waals surface area contributed by atoms with Crippen molar-refractivity contribution in [3.05, 3.63) is 69.9 Å². The summed E-state index contributed by atoms with van der Waals surface area (Å²) < 4.78 is 15.0. The molecule has 0 fully saturated rings. The summed E-state index contributed by atoms with van der Waals surface area (Å²) in [6.07, 6.45) is 1.47. The van der Waals surface area contributed by atoms with Crippen molar-refractivity contribution in [1.29, 1.82) is 0 Å². The summed E-state index contributed by atoms with van der Waals surface area (Å²) in [5.74, 6) is -1.55. The zero-order chi connectivity index (χ0) is 21.1. The Bertz CT molecular complexity index is 1160. The molecule has 0 aliphatic heterocycles. The molecule has 0 spiro atoms. The molecule has 29 heavy (non-hydrogen) atoms. The van der Waals surface area contributed by atoms with E-state index in [1.54, 1.807) is 22.8 Å². The molecule has 0 aliphatic rings. The van der Waals surface area contributed by atoms with Gasteiger partial charge in [0.05, 0.1) is 11.9 Å². The number of hydrogen-bond donors (Lipinski definition) is 1. The Kier molecular flexibility index (Phi) is 5.72. The number of benzene rings is 1. The van der Waals surface area contributed by atoms with Crippen molar-refractivity contribution in [3.63, 3.8) is 0 Å². The van der Waals surface area contributed by atoms with Crippen LogP contribution >= 0.6 is 0 Å². The van der Waals surface area contributed by atoms with Crippen LogP contribution in [0.15, 0.2) is 47.4 Å². The fraction of sp³-hybridized carbons (Fsp3) is 0.238. The number of pyridine rings is 2. The van der Waals surface area contributed by atoms with Crippen molar-refractivity contribution >= 4 is 28.5 Å². The maximum atomic E-state index is 13.2. The third kappa shape index (κ3) is 4.31. The lowest BCUT2D eigenvalue weighted by Gasteiger charge is -2.18. The van der Waals surface area contributed by atoms with E-state index in [1.807, 2.05) is 13.8 Å². The van der Waals surface area contributed by atoms with E-state index in [1.165, 1.54) is 31.4 Å². The number of amides is 2. The first kappa shape index (κ1) is 20.2. The third-order valence-electron chi connectivity index (χ3n) is 4.47.